The molecule has 0 aliphatic heterocycles. The van der Waals surface area contributed by atoms with Gasteiger partial charge in [-0.3, -0.25) is 9.78 Å². The van der Waals surface area contributed by atoms with E-state index in [0.29, 0.717) is 5.69 Å². The summed E-state index contributed by atoms with van der Waals surface area (Å²) in [5.41, 5.74) is 6.57. The van der Waals surface area contributed by atoms with Crippen molar-refractivity contribution >= 4 is 16.7 Å². The monoisotopic (exact) mass is 321 g/mol. The van der Waals surface area contributed by atoms with Crippen LogP contribution in [0.25, 0.3) is 27.8 Å². The van der Waals surface area contributed by atoms with E-state index in [4.69, 9.17) is 5.73 Å². The van der Waals surface area contributed by atoms with Gasteiger partial charge in [0.1, 0.15) is 11.4 Å². The maximum atomic E-state index is 11.9. The first-order chi connectivity index (χ1) is 11.6. The molecule has 0 atom stereocenters. The number of fused-ring (bicyclic) bond motifs is 1. The van der Waals surface area contributed by atoms with E-state index in [1.807, 2.05) is 24.3 Å². The molecule has 4 aromatic rings. The standard InChI is InChI=1S/C15H11N7O2/c16-13-12(22-11-4-2-1-3-8(11)6-18-22)5-10(20-21-13)9-7-17-15(24)19-14(9)23/h1-7H,(H2,16,21)(H2,17,19,23,24). The van der Waals surface area contributed by atoms with Crippen molar-refractivity contribution in [2.75, 3.05) is 5.73 Å². The van der Waals surface area contributed by atoms with E-state index >= 15 is 0 Å². The molecule has 0 saturated heterocycles. The number of para-hydroxylation sites is 1. The van der Waals surface area contributed by atoms with Gasteiger partial charge in [0.15, 0.2) is 5.82 Å². The third kappa shape index (κ3) is 2.15. The van der Waals surface area contributed by atoms with Crippen LogP contribution >= 0.6 is 0 Å². The van der Waals surface area contributed by atoms with Gasteiger partial charge in [-0.15, -0.1) is 10.2 Å². The zero-order chi connectivity index (χ0) is 16.7. The smallest absolute Gasteiger partial charge is 0.325 e. The lowest BCUT2D eigenvalue weighted by atomic mass is 10.2. The summed E-state index contributed by atoms with van der Waals surface area (Å²) in [5, 5.41) is 13.1. The second kappa shape index (κ2) is 5.16. The van der Waals surface area contributed by atoms with E-state index in [1.165, 1.54) is 6.20 Å². The van der Waals surface area contributed by atoms with Crippen LogP contribution in [-0.4, -0.2) is 29.9 Å². The number of rotatable bonds is 2. The molecule has 9 heteroatoms. The number of anilines is 1. The van der Waals surface area contributed by atoms with Crippen LogP contribution in [0.4, 0.5) is 5.82 Å². The number of hydrogen-bond acceptors (Lipinski definition) is 6. The van der Waals surface area contributed by atoms with Gasteiger partial charge in [0.2, 0.25) is 0 Å². The van der Waals surface area contributed by atoms with Gasteiger partial charge in [-0.1, -0.05) is 18.2 Å². The first-order valence-corrected chi connectivity index (χ1v) is 7.02. The molecule has 24 heavy (non-hydrogen) atoms. The maximum absolute atomic E-state index is 11.9. The Labute approximate surface area is 133 Å². The van der Waals surface area contributed by atoms with Crippen molar-refractivity contribution in [3.05, 3.63) is 63.6 Å². The molecule has 118 valence electrons. The van der Waals surface area contributed by atoms with Crippen LogP contribution < -0.4 is 17.0 Å². The largest absolute Gasteiger partial charge is 0.380 e. The Hall–Kier alpha value is -3.75. The van der Waals surface area contributed by atoms with E-state index in [1.54, 1.807) is 16.9 Å². The van der Waals surface area contributed by atoms with Crippen LogP contribution in [0.3, 0.4) is 0 Å². The average molecular weight is 321 g/mol. The molecule has 0 bridgehead atoms. The number of nitrogen functional groups attached to an aromatic ring is 1. The van der Waals surface area contributed by atoms with E-state index in [2.05, 4.69) is 25.3 Å². The average Bonchev–Trinajstić information content (AvgIpc) is 3.00. The summed E-state index contributed by atoms with van der Waals surface area (Å²) in [5.74, 6) is 0.174. The summed E-state index contributed by atoms with van der Waals surface area (Å²) in [6.45, 7) is 0. The van der Waals surface area contributed by atoms with Gasteiger partial charge in [0, 0.05) is 11.6 Å². The van der Waals surface area contributed by atoms with Crippen molar-refractivity contribution in [2.45, 2.75) is 0 Å². The molecule has 3 aromatic heterocycles. The quantitative estimate of drug-likeness (QED) is 0.490. The Morgan fingerprint density at radius 3 is 2.79 bits per heavy atom. The highest BCUT2D eigenvalue weighted by Gasteiger charge is 2.13. The molecular formula is C15H11N7O2. The predicted octanol–water partition coefficient (Wildman–Crippen LogP) is 0.441. The van der Waals surface area contributed by atoms with Crippen LogP contribution in [0, 0.1) is 0 Å². The van der Waals surface area contributed by atoms with E-state index in [9.17, 15) is 9.59 Å². The molecule has 0 fully saturated rings. The van der Waals surface area contributed by atoms with Crippen molar-refractivity contribution < 1.29 is 0 Å². The summed E-state index contributed by atoms with van der Waals surface area (Å²) in [6, 6.07) is 9.23. The Bertz CT molecular complexity index is 1170. The molecule has 3 heterocycles. The summed E-state index contributed by atoms with van der Waals surface area (Å²) in [6.07, 6.45) is 2.99. The minimum atomic E-state index is -0.592. The van der Waals surface area contributed by atoms with Crippen molar-refractivity contribution in [1.29, 1.82) is 0 Å². The number of nitrogens with one attached hydrogen (secondary N) is 2. The number of aromatic nitrogens is 6. The predicted molar refractivity (Wildman–Crippen MR) is 87.7 cm³/mol. The highest BCUT2D eigenvalue weighted by Crippen LogP contribution is 2.23. The molecule has 4 N–H and O–H groups in total. The molecule has 0 radical (unpaired) electrons. The molecule has 0 amide bonds. The van der Waals surface area contributed by atoms with Gasteiger partial charge in [0.25, 0.3) is 5.56 Å². The number of aromatic amines is 2. The minimum Gasteiger partial charge on any atom is -0.380 e. The number of benzene rings is 1. The van der Waals surface area contributed by atoms with Crippen LogP contribution in [0.2, 0.25) is 0 Å². The SMILES string of the molecule is Nc1nnc(-c2c[nH]c(=O)[nH]c2=O)cc1-n1ncc2ccccc21. The Morgan fingerprint density at radius 1 is 1.12 bits per heavy atom. The Kier molecular flexibility index (Phi) is 2.98. The summed E-state index contributed by atoms with van der Waals surface area (Å²) in [4.78, 5) is 27.6. The Morgan fingerprint density at radius 2 is 1.96 bits per heavy atom. The van der Waals surface area contributed by atoms with E-state index in [-0.39, 0.29) is 17.1 Å². The van der Waals surface area contributed by atoms with Crippen molar-refractivity contribution in [1.82, 2.24) is 29.9 Å². The van der Waals surface area contributed by atoms with Gasteiger partial charge in [0.05, 0.1) is 17.3 Å². The molecule has 0 aliphatic carbocycles. The molecular weight excluding hydrogens is 310 g/mol. The van der Waals surface area contributed by atoms with Crippen LogP contribution in [0.1, 0.15) is 0 Å². The zero-order valence-electron chi connectivity index (χ0n) is 12.2. The Balaban J connectivity index is 1.94. The van der Waals surface area contributed by atoms with Crippen molar-refractivity contribution in [3.63, 3.8) is 0 Å². The van der Waals surface area contributed by atoms with Crippen LogP contribution in [-0.2, 0) is 0 Å². The highest BCUT2D eigenvalue weighted by molar-refractivity contribution is 5.81. The van der Waals surface area contributed by atoms with Crippen LogP contribution in [0.15, 0.2) is 52.3 Å². The summed E-state index contributed by atoms with van der Waals surface area (Å²) < 4.78 is 1.63. The van der Waals surface area contributed by atoms with Crippen molar-refractivity contribution in [2.24, 2.45) is 0 Å². The number of nitrogens with zero attached hydrogens (tertiary/aromatic N) is 4. The van der Waals surface area contributed by atoms with Gasteiger partial charge in [-0.25, -0.2) is 9.48 Å². The number of nitrogens with two attached hydrogens (primary N) is 1. The topological polar surface area (TPSA) is 135 Å². The summed E-state index contributed by atoms with van der Waals surface area (Å²) in [7, 11) is 0. The lowest BCUT2D eigenvalue weighted by Gasteiger charge is -2.07. The zero-order valence-corrected chi connectivity index (χ0v) is 12.2. The lowest BCUT2D eigenvalue weighted by molar-refractivity contribution is 0.891. The lowest BCUT2D eigenvalue weighted by Crippen LogP contribution is -2.23. The highest BCUT2D eigenvalue weighted by atomic mass is 16.2. The molecule has 0 aliphatic rings. The minimum absolute atomic E-state index is 0.174. The number of H-pyrrole nitrogens is 2. The second-order valence-electron chi connectivity index (χ2n) is 5.10. The normalized spacial score (nSPS) is 11.0. The van der Waals surface area contributed by atoms with Gasteiger partial charge in [-0.2, -0.15) is 5.10 Å². The van der Waals surface area contributed by atoms with E-state index < -0.39 is 11.2 Å². The maximum Gasteiger partial charge on any atom is 0.325 e. The van der Waals surface area contributed by atoms with Gasteiger partial charge < -0.3 is 10.7 Å². The first kappa shape index (κ1) is 13.9. The number of hydrogen-bond donors (Lipinski definition) is 3. The molecule has 9 nitrogen and oxygen atoms in total. The fourth-order valence-electron chi connectivity index (χ4n) is 2.46. The van der Waals surface area contributed by atoms with Gasteiger partial charge in [-0.05, 0) is 12.1 Å². The third-order valence-electron chi connectivity index (χ3n) is 3.60. The summed E-state index contributed by atoms with van der Waals surface area (Å²) >= 11 is 0. The fraction of sp³-hybridized carbons (Fsp3) is 0. The van der Waals surface area contributed by atoms with E-state index in [0.717, 1.165) is 10.9 Å². The van der Waals surface area contributed by atoms with Crippen LogP contribution in [0.5, 0.6) is 0 Å². The molecule has 0 unspecified atom stereocenters. The second-order valence-corrected chi connectivity index (χ2v) is 5.10. The first-order valence-electron chi connectivity index (χ1n) is 7.02. The fourth-order valence-corrected chi connectivity index (χ4v) is 2.46. The molecule has 0 spiro atoms. The third-order valence-corrected chi connectivity index (χ3v) is 3.60. The molecule has 0 saturated carbocycles. The van der Waals surface area contributed by atoms with Crippen molar-refractivity contribution in [3.8, 4) is 16.9 Å². The van der Waals surface area contributed by atoms with Gasteiger partial charge >= 0.3 is 5.69 Å². The molecule has 1 aromatic carbocycles. The molecule has 4 rings (SSSR count).